The van der Waals surface area contributed by atoms with Crippen LogP contribution in [0.3, 0.4) is 0 Å². The van der Waals surface area contributed by atoms with E-state index in [0.717, 1.165) is 38.0 Å². The predicted molar refractivity (Wildman–Crippen MR) is 105 cm³/mol. The molecule has 0 atom stereocenters. The summed E-state index contributed by atoms with van der Waals surface area (Å²) in [5, 5.41) is 0.674. The van der Waals surface area contributed by atoms with Crippen molar-refractivity contribution in [3.63, 3.8) is 0 Å². The second kappa shape index (κ2) is 6.46. The Morgan fingerprint density at radius 2 is 1.81 bits per heavy atom. The molecule has 0 unspecified atom stereocenters. The highest BCUT2D eigenvalue weighted by molar-refractivity contribution is 7.22. The topological polar surface area (TPSA) is 71.5 Å². The Morgan fingerprint density at radius 3 is 2.54 bits per heavy atom. The number of hydrogen-bond donors (Lipinski definition) is 1. The van der Waals surface area contributed by atoms with Crippen LogP contribution in [0.1, 0.15) is 28.6 Å². The highest BCUT2D eigenvalue weighted by Crippen LogP contribution is 2.35. The summed E-state index contributed by atoms with van der Waals surface area (Å²) in [4.78, 5) is 30.9. The lowest BCUT2D eigenvalue weighted by Crippen LogP contribution is -2.12. The van der Waals surface area contributed by atoms with Crippen molar-refractivity contribution in [3.05, 3.63) is 75.4 Å². The molecule has 1 aromatic carbocycles. The van der Waals surface area contributed by atoms with E-state index in [1.165, 1.54) is 0 Å². The maximum Gasteiger partial charge on any atom is 0.259 e. The van der Waals surface area contributed by atoms with Gasteiger partial charge in [0, 0.05) is 17.0 Å². The van der Waals surface area contributed by atoms with Gasteiger partial charge < -0.3 is 4.98 Å². The molecule has 0 bridgehead atoms. The molecule has 0 aliphatic rings. The average Bonchev–Trinajstić information content (AvgIpc) is 2.92. The molecule has 1 N–H and O–H groups in total. The van der Waals surface area contributed by atoms with Crippen molar-refractivity contribution < 1.29 is 0 Å². The summed E-state index contributed by atoms with van der Waals surface area (Å²) in [7, 11) is 0. The summed E-state index contributed by atoms with van der Waals surface area (Å²) in [6.45, 7) is 5.78. The van der Waals surface area contributed by atoms with Gasteiger partial charge in [-0.1, -0.05) is 30.3 Å². The number of H-pyrrole nitrogens is 1. The molecular weight excluding hydrogens is 344 g/mol. The number of nitrogens with zero attached hydrogens (tertiary/aromatic N) is 3. The Balaban J connectivity index is 1.80. The third-order valence-corrected chi connectivity index (χ3v) is 5.49. The average molecular weight is 362 g/mol. The maximum atomic E-state index is 12.7. The van der Waals surface area contributed by atoms with Crippen LogP contribution >= 0.6 is 11.3 Å². The van der Waals surface area contributed by atoms with Gasteiger partial charge in [-0.2, -0.15) is 0 Å². The number of thiophene rings is 1. The summed E-state index contributed by atoms with van der Waals surface area (Å²) in [5.74, 6) is 1.35. The standard InChI is InChI=1S/C20H18N4OS/c1-11-9-15(22-13(3)21-11)10-16-23-19(25)17-12(2)18(26-20(17)24-16)14-7-5-4-6-8-14/h4-9H,10H2,1-3H3,(H,23,24,25). The van der Waals surface area contributed by atoms with E-state index >= 15 is 0 Å². The first-order chi connectivity index (χ1) is 12.5. The zero-order valence-electron chi connectivity index (χ0n) is 14.8. The number of rotatable bonds is 3. The molecule has 4 aromatic rings. The lowest BCUT2D eigenvalue weighted by molar-refractivity contribution is 0.895. The summed E-state index contributed by atoms with van der Waals surface area (Å²) in [5.41, 5.74) is 3.76. The highest BCUT2D eigenvalue weighted by Gasteiger charge is 2.16. The van der Waals surface area contributed by atoms with Crippen molar-refractivity contribution in [2.75, 3.05) is 0 Å². The number of hydrogen-bond acceptors (Lipinski definition) is 5. The number of aryl methyl sites for hydroxylation is 3. The molecule has 0 aliphatic carbocycles. The van der Waals surface area contributed by atoms with Gasteiger partial charge in [-0.05, 0) is 38.0 Å². The van der Waals surface area contributed by atoms with E-state index in [1.807, 2.05) is 45.0 Å². The van der Waals surface area contributed by atoms with Crippen LogP contribution in [0.25, 0.3) is 20.7 Å². The van der Waals surface area contributed by atoms with Crippen LogP contribution in [0.4, 0.5) is 0 Å². The summed E-state index contributed by atoms with van der Waals surface area (Å²) < 4.78 is 0. The number of aromatic nitrogens is 4. The van der Waals surface area contributed by atoms with Crippen LogP contribution in [0.5, 0.6) is 0 Å². The van der Waals surface area contributed by atoms with Crippen LogP contribution < -0.4 is 5.56 Å². The zero-order chi connectivity index (χ0) is 18.3. The van der Waals surface area contributed by atoms with Crippen molar-refractivity contribution in [2.45, 2.75) is 27.2 Å². The minimum Gasteiger partial charge on any atom is -0.310 e. The first kappa shape index (κ1) is 16.6. The predicted octanol–water partition coefficient (Wildman–Crippen LogP) is 3.96. The first-order valence-electron chi connectivity index (χ1n) is 8.40. The Bertz CT molecular complexity index is 1140. The summed E-state index contributed by atoms with van der Waals surface area (Å²) in [6.07, 6.45) is 0.479. The Kier molecular flexibility index (Phi) is 4.12. The Morgan fingerprint density at radius 1 is 1.04 bits per heavy atom. The van der Waals surface area contributed by atoms with E-state index < -0.39 is 0 Å². The molecular formula is C20H18N4OS. The van der Waals surface area contributed by atoms with Crippen molar-refractivity contribution in [3.8, 4) is 10.4 Å². The molecule has 0 amide bonds. The summed E-state index contributed by atoms with van der Waals surface area (Å²) in [6, 6.07) is 12.0. The van der Waals surface area contributed by atoms with Gasteiger partial charge in [-0.25, -0.2) is 15.0 Å². The molecule has 26 heavy (non-hydrogen) atoms. The molecule has 130 valence electrons. The molecule has 0 saturated heterocycles. The van der Waals surface area contributed by atoms with Crippen LogP contribution in [-0.4, -0.2) is 19.9 Å². The van der Waals surface area contributed by atoms with Gasteiger partial charge in [0.05, 0.1) is 11.1 Å². The normalized spacial score (nSPS) is 11.2. The molecule has 0 spiro atoms. The summed E-state index contributed by atoms with van der Waals surface area (Å²) >= 11 is 1.56. The monoisotopic (exact) mass is 362 g/mol. The third-order valence-electron chi connectivity index (χ3n) is 4.25. The SMILES string of the molecule is Cc1cc(Cc2nc3sc(-c4ccccc4)c(C)c3c(=O)[nH]2)nc(C)n1. The Labute approximate surface area is 154 Å². The van der Waals surface area contributed by atoms with Gasteiger partial charge in [-0.15, -0.1) is 11.3 Å². The van der Waals surface area contributed by atoms with Crippen LogP contribution in [-0.2, 0) is 6.42 Å². The number of benzene rings is 1. The lowest BCUT2D eigenvalue weighted by Gasteiger charge is -2.03. The number of nitrogens with one attached hydrogen (secondary N) is 1. The van der Waals surface area contributed by atoms with Crippen molar-refractivity contribution >= 4 is 21.6 Å². The quantitative estimate of drug-likeness (QED) is 0.599. The van der Waals surface area contributed by atoms with E-state index in [9.17, 15) is 4.79 Å². The molecule has 6 heteroatoms. The van der Waals surface area contributed by atoms with Gasteiger partial charge in [0.2, 0.25) is 0 Å². The van der Waals surface area contributed by atoms with Gasteiger partial charge in [0.1, 0.15) is 16.5 Å². The molecule has 4 rings (SSSR count). The molecule has 0 saturated carbocycles. The molecule has 0 aliphatic heterocycles. The fourth-order valence-corrected chi connectivity index (χ4v) is 4.40. The minimum absolute atomic E-state index is 0.0940. The van der Waals surface area contributed by atoms with E-state index in [1.54, 1.807) is 11.3 Å². The number of aromatic amines is 1. The molecule has 3 aromatic heterocycles. The molecule has 3 heterocycles. The molecule has 0 fully saturated rings. The second-order valence-corrected chi connectivity index (χ2v) is 7.34. The van der Waals surface area contributed by atoms with Crippen molar-refractivity contribution in [1.29, 1.82) is 0 Å². The third kappa shape index (κ3) is 3.04. The zero-order valence-corrected chi connectivity index (χ0v) is 15.6. The van der Waals surface area contributed by atoms with Crippen LogP contribution in [0.15, 0.2) is 41.2 Å². The fourth-order valence-electron chi connectivity index (χ4n) is 3.19. The highest BCUT2D eigenvalue weighted by atomic mass is 32.1. The smallest absolute Gasteiger partial charge is 0.259 e. The lowest BCUT2D eigenvalue weighted by atomic mass is 10.1. The van der Waals surface area contributed by atoms with Gasteiger partial charge in [-0.3, -0.25) is 4.79 Å². The van der Waals surface area contributed by atoms with E-state index in [0.29, 0.717) is 17.6 Å². The number of fused-ring (bicyclic) bond motifs is 1. The fraction of sp³-hybridized carbons (Fsp3) is 0.200. The first-order valence-corrected chi connectivity index (χ1v) is 9.22. The van der Waals surface area contributed by atoms with Crippen molar-refractivity contribution in [1.82, 2.24) is 19.9 Å². The van der Waals surface area contributed by atoms with E-state index in [2.05, 4.69) is 27.1 Å². The minimum atomic E-state index is -0.0940. The maximum absolute atomic E-state index is 12.7. The van der Waals surface area contributed by atoms with Crippen molar-refractivity contribution in [2.24, 2.45) is 0 Å². The largest absolute Gasteiger partial charge is 0.310 e. The molecule has 5 nitrogen and oxygen atoms in total. The van der Waals surface area contributed by atoms with Gasteiger partial charge in [0.25, 0.3) is 5.56 Å². The van der Waals surface area contributed by atoms with Crippen LogP contribution in [0.2, 0.25) is 0 Å². The van der Waals surface area contributed by atoms with Gasteiger partial charge in [0.15, 0.2) is 0 Å². The van der Waals surface area contributed by atoms with Crippen LogP contribution in [0, 0.1) is 20.8 Å². The Hall–Kier alpha value is -2.86. The molecule has 0 radical (unpaired) electrons. The second-order valence-electron chi connectivity index (χ2n) is 6.34. The van der Waals surface area contributed by atoms with E-state index in [4.69, 9.17) is 4.98 Å². The van der Waals surface area contributed by atoms with E-state index in [-0.39, 0.29) is 5.56 Å². The van der Waals surface area contributed by atoms with Gasteiger partial charge >= 0.3 is 0 Å².